The van der Waals surface area contributed by atoms with E-state index in [4.69, 9.17) is 4.74 Å². The molecule has 1 saturated carbocycles. The quantitative estimate of drug-likeness (QED) is 0.708. The zero-order valence-corrected chi connectivity index (χ0v) is 15.1. The molecule has 25 heavy (non-hydrogen) atoms. The lowest BCUT2D eigenvalue weighted by molar-refractivity contribution is 0.000950. The topological polar surface area (TPSA) is 106 Å². The van der Waals surface area contributed by atoms with E-state index in [1.807, 2.05) is 6.92 Å². The fourth-order valence-corrected chi connectivity index (χ4v) is 4.47. The van der Waals surface area contributed by atoms with E-state index in [-0.39, 0.29) is 22.4 Å². The van der Waals surface area contributed by atoms with E-state index in [9.17, 15) is 13.2 Å². The second-order valence-electron chi connectivity index (χ2n) is 6.95. The third-order valence-electron chi connectivity index (χ3n) is 4.73. The minimum absolute atomic E-state index is 0.131. The van der Waals surface area contributed by atoms with Crippen LogP contribution in [0.25, 0.3) is 11.0 Å². The summed E-state index contributed by atoms with van der Waals surface area (Å²) < 4.78 is 36.5. The molecule has 1 aliphatic heterocycles. The van der Waals surface area contributed by atoms with Crippen LogP contribution < -0.4 is 21.3 Å². The number of nitrogens with zero attached hydrogens (tertiary/aromatic N) is 2. The highest BCUT2D eigenvalue weighted by Crippen LogP contribution is 2.36. The number of imidazole rings is 1. The summed E-state index contributed by atoms with van der Waals surface area (Å²) in [6, 6.07) is 4.67. The monoisotopic (exact) mass is 367 g/mol. The Labute approximate surface area is 145 Å². The maximum atomic E-state index is 12.6. The molecule has 1 aromatic heterocycles. The van der Waals surface area contributed by atoms with Crippen LogP contribution in [-0.4, -0.2) is 29.3 Å². The van der Waals surface area contributed by atoms with Gasteiger partial charge in [-0.05, 0) is 44.9 Å². The number of sulfonamides is 1. The number of fused-ring (bicyclic) bond motifs is 1. The van der Waals surface area contributed by atoms with E-state index < -0.39 is 16.4 Å². The SMILES string of the molecule is CC1NNC(n2c(=O)n(C)c3ccc(S(=O)(=O)NC4(C)CC4)cc32)O1. The lowest BCUT2D eigenvalue weighted by Crippen LogP contribution is -2.35. The highest BCUT2D eigenvalue weighted by atomic mass is 32.2. The lowest BCUT2D eigenvalue weighted by atomic mass is 10.3. The Morgan fingerprint density at radius 3 is 2.60 bits per heavy atom. The first-order valence-electron chi connectivity index (χ1n) is 8.12. The molecule has 1 saturated heterocycles. The van der Waals surface area contributed by atoms with E-state index in [1.54, 1.807) is 20.0 Å². The molecule has 2 atom stereocenters. The molecule has 0 radical (unpaired) electrons. The van der Waals surface area contributed by atoms with Gasteiger partial charge >= 0.3 is 5.69 Å². The van der Waals surface area contributed by atoms with Crippen LogP contribution in [-0.2, 0) is 21.8 Å². The van der Waals surface area contributed by atoms with Gasteiger partial charge in [0, 0.05) is 12.6 Å². The molecule has 2 heterocycles. The van der Waals surface area contributed by atoms with Gasteiger partial charge in [-0.2, -0.15) is 0 Å². The number of benzene rings is 1. The Kier molecular flexibility index (Phi) is 3.61. The smallest absolute Gasteiger partial charge is 0.324 e. The number of hydrazine groups is 1. The highest BCUT2D eigenvalue weighted by molar-refractivity contribution is 7.89. The number of nitrogens with one attached hydrogen (secondary N) is 3. The first-order chi connectivity index (χ1) is 11.7. The first-order valence-corrected chi connectivity index (χ1v) is 9.60. The van der Waals surface area contributed by atoms with Crippen LogP contribution in [0.3, 0.4) is 0 Å². The van der Waals surface area contributed by atoms with E-state index in [0.717, 1.165) is 12.8 Å². The van der Waals surface area contributed by atoms with Crippen molar-refractivity contribution in [3.8, 4) is 0 Å². The summed E-state index contributed by atoms with van der Waals surface area (Å²) in [4.78, 5) is 12.7. The van der Waals surface area contributed by atoms with E-state index in [0.29, 0.717) is 11.0 Å². The molecule has 4 rings (SSSR count). The van der Waals surface area contributed by atoms with Crippen LogP contribution in [0, 0.1) is 0 Å². The third-order valence-corrected chi connectivity index (χ3v) is 6.37. The van der Waals surface area contributed by atoms with Gasteiger partial charge in [0.05, 0.1) is 15.9 Å². The van der Waals surface area contributed by atoms with Crippen molar-refractivity contribution in [3.63, 3.8) is 0 Å². The summed E-state index contributed by atoms with van der Waals surface area (Å²) in [5.41, 5.74) is 6.24. The average molecular weight is 367 g/mol. The molecule has 1 aromatic carbocycles. The van der Waals surface area contributed by atoms with Gasteiger partial charge in [0.2, 0.25) is 16.4 Å². The molecule has 9 nitrogen and oxygen atoms in total. The molecule has 2 aromatic rings. The van der Waals surface area contributed by atoms with Crippen LogP contribution >= 0.6 is 0 Å². The van der Waals surface area contributed by atoms with Crippen molar-refractivity contribution in [1.82, 2.24) is 24.7 Å². The molecule has 1 aliphatic carbocycles. The van der Waals surface area contributed by atoms with Crippen LogP contribution in [0.2, 0.25) is 0 Å². The largest absolute Gasteiger partial charge is 0.332 e. The summed E-state index contributed by atoms with van der Waals surface area (Å²) in [6.07, 6.45) is 0.676. The molecule has 3 N–H and O–H groups in total. The minimum atomic E-state index is -3.65. The summed E-state index contributed by atoms with van der Waals surface area (Å²) in [6.45, 7) is 3.68. The zero-order chi connectivity index (χ0) is 18.0. The maximum absolute atomic E-state index is 12.6. The van der Waals surface area contributed by atoms with E-state index in [2.05, 4.69) is 15.6 Å². The van der Waals surface area contributed by atoms with Gasteiger partial charge in [-0.1, -0.05) is 0 Å². The van der Waals surface area contributed by atoms with Crippen molar-refractivity contribution >= 4 is 21.1 Å². The maximum Gasteiger partial charge on any atom is 0.332 e. The van der Waals surface area contributed by atoms with Crippen molar-refractivity contribution in [2.75, 3.05) is 0 Å². The van der Waals surface area contributed by atoms with Gasteiger partial charge in [0.1, 0.15) is 6.23 Å². The van der Waals surface area contributed by atoms with Gasteiger partial charge in [-0.15, -0.1) is 0 Å². The number of hydrogen-bond acceptors (Lipinski definition) is 6. The van der Waals surface area contributed by atoms with E-state index >= 15 is 0 Å². The third kappa shape index (κ3) is 2.79. The molecule has 0 spiro atoms. The molecule has 2 aliphatic rings. The molecular weight excluding hydrogens is 346 g/mol. The van der Waals surface area contributed by atoms with E-state index in [1.165, 1.54) is 21.3 Å². The van der Waals surface area contributed by atoms with Gasteiger partial charge in [-0.25, -0.2) is 28.8 Å². The molecule has 136 valence electrons. The zero-order valence-electron chi connectivity index (χ0n) is 14.2. The predicted molar refractivity (Wildman–Crippen MR) is 91.0 cm³/mol. The Morgan fingerprint density at radius 2 is 2.00 bits per heavy atom. The van der Waals surface area contributed by atoms with Crippen LogP contribution in [0.15, 0.2) is 27.9 Å². The van der Waals surface area contributed by atoms with Crippen molar-refractivity contribution in [2.24, 2.45) is 7.05 Å². The van der Waals surface area contributed by atoms with Gasteiger partial charge in [0.15, 0.2) is 0 Å². The number of ether oxygens (including phenoxy) is 1. The van der Waals surface area contributed by atoms with Crippen LogP contribution in [0.5, 0.6) is 0 Å². The molecule has 0 bridgehead atoms. The number of rotatable bonds is 4. The summed E-state index contributed by atoms with van der Waals surface area (Å²) in [5, 5.41) is 0. The fourth-order valence-electron chi connectivity index (χ4n) is 2.99. The van der Waals surface area contributed by atoms with Crippen molar-refractivity contribution in [1.29, 1.82) is 0 Å². The summed E-state index contributed by atoms with van der Waals surface area (Å²) in [7, 11) is -2.01. The first kappa shape index (κ1) is 16.7. The number of aromatic nitrogens is 2. The molecular formula is C15H21N5O4S. The van der Waals surface area contributed by atoms with Crippen molar-refractivity contribution in [3.05, 3.63) is 28.7 Å². The van der Waals surface area contributed by atoms with Crippen molar-refractivity contribution in [2.45, 2.75) is 49.7 Å². The highest BCUT2D eigenvalue weighted by Gasteiger charge is 2.41. The molecule has 2 fully saturated rings. The van der Waals surface area contributed by atoms with Gasteiger partial charge in [0.25, 0.3) is 0 Å². The Balaban J connectivity index is 1.83. The van der Waals surface area contributed by atoms with Crippen LogP contribution in [0.4, 0.5) is 0 Å². The number of aryl methyl sites for hydroxylation is 1. The van der Waals surface area contributed by atoms with Gasteiger partial charge < -0.3 is 4.74 Å². The minimum Gasteiger partial charge on any atom is -0.324 e. The summed E-state index contributed by atoms with van der Waals surface area (Å²) in [5.74, 6) is 0. The second-order valence-corrected chi connectivity index (χ2v) is 8.63. The predicted octanol–water partition coefficient (Wildman–Crippen LogP) is 0.0973. The second kappa shape index (κ2) is 5.39. The fraction of sp³-hybridized carbons (Fsp3) is 0.533. The average Bonchev–Trinajstić information content (AvgIpc) is 3.00. The molecule has 10 heteroatoms. The van der Waals surface area contributed by atoms with Crippen molar-refractivity contribution < 1.29 is 13.2 Å². The number of hydrogen-bond donors (Lipinski definition) is 3. The molecule has 2 unspecified atom stereocenters. The van der Waals surface area contributed by atoms with Crippen LogP contribution in [0.1, 0.15) is 33.0 Å². The normalized spacial score (nSPS) is 25.6. The lowest BCUT2D eigenvalue weighted by Gasteiger charge is -2.14. The molecule has 0 amide bonds. The Morgan fingerprint density at radius 1 is 1.28 bits per heavy atom. The Bertz CT molecular complexity index is 1000. The summed E-state index contributed by atoms with van der Waals surface area (Å²) >= 11 is 0. The standard InChI is InChI=1S/C15H21N5O4S/c1-9-16-17-13(24-9)20-12-8-10(4-5-11(12)19(3)14(20)21)25(22,23)18-15(2)6-7-15/h4-5,8-9,13,16-18H,6-7H2,1-3H3. The Hall–Kier alpha value is -1.72. The van der Waals surface area contributed by atoms with Gasteiger partial charge in [-0.3, -0.25) is 9.13 Å².